The first-order chi connectivity index (χ1) is 17.3. The van der Waals surface area contributed by atoms with Crippen molar-refractivity contribution in [2.24, 2.45) is 5.10 Å². The molecule has 184 valence electrons. The highest BCUT2D eigenvalue weighted by atomic mass is 32.2. The Labute approximate surface area is 214 Å². The van der Waals surface area contributed by atoms with Crippen LogP contribution in [0.5, 0.6) is 5.75 Å². The highest BCUT2D eigenvalue weighted by Crippen LogP contribution is 2.30. The van der Waals surface area contributed by atoms with Gasteiger partial charge in [0.15, 0.2) is 11.0 Å². The van der Waals surface area contributed by atoms with Crippen molar-refractivity contribution in [3.8, 4) is 22.8 Å². The van der Waals surface area contributed by atoms with Crippen LogP contribution >= 0.6 is 11.8 Å². The minimum Gasteiger partial charge on any atom is -0.497 e. The van der Waals surface area contributed by atoms with Crippen LogP contribution in [0.2, 0.25) is 0 Å². The molecule has 0 saturated carbocycles. The first-order valence-electron chi connectivity index (χ1n) is 11.4. The van der Waals surface area contributed by atoms with Crippen molar-refractivity contribution in [2.75, 3.05) is 12.9 Å². The van der Waals surface area contributed by atoms with Crippen molar-refractivity contribution in [3.63, 3.8) is 0 Å². The Kier molecular flexibility index (Phi) is 7.80. The van der Waals surface area contributed by atoms with E-state index in [9.17, 15) is 4.79 Å². The minimum absolute atomic E-state index is 0.0512. The number of methoxy groups -OCH3 is 1. The number of hydrogen-bond acceptors (Lipinski definition) is 7. The molecule has 2 aromatic heterocycles. The van der Waals surface area contributed by atoms with Gasteiger partial charge in [-0.3, -0.25) is 14.3 Å². The molecule has 0 aliphatic carbocycles. The highest BCUT2D eigenvalue weighted by molar-refractivity contribution is 7.99. The van der Waals surface area contributed by atoms with Crippen molar-refractivity contribution < 1.29 is 9.53 Å². The van der Waals surface area contributed by atoms with Crippen molar-refractivity contribution >= 4 is 23.9 Å². The van der Waals surface area contributed by atoms with Gasteiger partial charge in [0.1, 0.15) is 5.75 Å². The molecular weight excluding hydrogens is 472 g/mol. The number of pyridine rings is 1. The smallest absolute Gasteiger partial charge is 0.250 e. The van der Waals surface area contributed by atoms with Gasteiger partial charge in [0.25, 0.3) is 5.91 Å². The zero-order valence-electron chi connectivity index (χ0n) is 20.7. The van der Waals surface area contributed by atoms with Gasteiger partial charge in [0, 0.05) is 17.4 Å². The molecule has 36 heavy (non-hydrogen) atoms. The molecule has 0 bridgehead atoms. The molecule has 0 saturated heterocycles. The molecule has 2 aromatic carbocycles. The predicted molar refractivity (Wildman–Crippen MR) is 143 cm³/mol. The summed E-state index contributed by atoms with van der Waals surface area (Å²) >= 11 is 1.29. The number of rotatable bonds is 8. The van der Waals surface area contributed by atoms with Gasteiger partial charge in [-0.1, -0.05) is 62.9 Å². The summed E-state index contributed by atoms with van der Waals surface area (Å²) in [6.07, 6.45) is 3.17. The highest BCUT2D eigenvalue weighted by Gasteiger charge is 2.19. The van der Waals surface area contributed by atoms with Crippen LogP contribution in [0, 0.1) is 0 Å². The number of hydrazone groups is 1. The van der Waals surface area contributed by atoms with Crippen LogP contribution in [0.4, 0.5) is 0 Å². The number of aromatic nitrogens is 4. The van der Waals surface area contributed by atoms with E-state index >= 15 is 0 Å². The first kappa shape index (κ1) is 25.1. The zero-order valence-corrected chi connectivity index (χ0v) is 21.5. The van der Waals surface area contributed by atoms with E-state index in [2.05, 4.69) is 70.7 Å². The molecule has 9 heteroatoms. The van der Waals surface area contributed by atoms with Gasteiger partial charge in [0.2, 0.25) is 0 Å². The normalized spacial score (nSPS) is 11.6. The Morgan fingerprint density at radius 3 is 2.44 bits per heavy atom. The van der Waals surface area contributed by atoms with E-state index in [1.165, 1.54) is 23.5 Å². The Morgan fingerprint density at radius 1 is 1.06 bits per heavy atom. The fraction of sp³-hybridized carbons (Fsp3) is 0.222. The van der Waals surface area contributed by atoms with E-state index in [1.807, 2.05) is 41.0 Å². The molecule has 4 aromatic rings. The van der Waals surface area contributed by atoms with Crippen LogP contribution in [0.3, 0.4) is 0 Å². The second-order valence-corrected chi connectivity index (χ2v) is 9.95. The predicted octanol–water partition coefficient (Wildman–Crippen LogP) is 4.88. The third kappa shape index (κ3) is 6.17. The number of benzene rings is 2. The summed E-state index contributed by atoms with van der Waals surface area (Å²) in [7, 11) is 1.63. The number of amides is 1. The van der Waals surface area contributed by atoms with Crippen molar-refractivity contribution in [1.29, 1.82) is 0 Å². The second kappa shape index (κ2) is 11.2. The molecule has 0 unspecified atom stereocenters. The average Bonchev–Trinajstić information content (AvgIpc) is 3.31. The molecule has 8 nitrogen and oxygen atoms in total. The van der Waals surface area contributed by atoms with Crippen LogP contribution in [-0.2, 0) is 10.2 Å². The lowest BCUT2D eigenvalue weighted by Gasteiger charge is -2.19. The molecule has 0 fully saturated rings. The molecule has 0 spiro atoms. The van der Waals surface area contributed by atoms with Gasteiger partial charge in [0.05, 0.1) is 24.8 Å². The number of ether oxygens (including phenoxy) is 1. The van der Waals surface area contributed by atoms with E-state index in [0.717, 1.165) is 17.0 Å². The van der Waals surface area contributed by atoms with Crippen molar-refractivity contribution in [3.05, 3.63) is 84.2 Å². The number of nitrogens with zero attached hydrogens (tertiary/aromatic N) is 5. The van der Waals surface area contributed by atoms with Gasteiger partial charge in [-0.2, -0.15) is 5.10 Å². The number of carbonyl (C=O) groups excluding carboxylic acids is 1. The maximum Gasteiger partial charge on any atom is 0.250 e. The summed E-state index contributed by atoms with van der Waals surface area (Å²) in [4.78, 5) is 16.5. The summed E-state index contributed by atoms with van der Waals surface area (Å²) in [5, 5.41) is 13.4. The van der Waals surface area contributed by atoms with Crippen LogP contribution in [-0.4, -0.2) is 44.7 Å². The number of nitrogens with one attached hydrogen (secondary N) is 1. The number of thioether (sulfide) groups is 1. The maximum atomic E-state index is 12.4. The monoisotopic (exact) mass is 500 g/mol. The summed E-state index contributed by atoms with van der Waals surface area (Å²) in [5.74, 6) is 1.31. The lowest BCUT2D eigenvalue weighted by Crippen LogP contribution is -2.20. The topological polar surface area (TPSA) is 94.3 Å². The van der Waals surface area contributed by atoms with Crippen LogP contribution in [0.15, 0.2) is 83.2 Å². The summed E-state index contributed by atoms with van der Waals surface area (Å²) in [6.45, 7) is 6.55. The van der Waals surface area contributed by atoms with Crippen molar-refractivity contribution in [2.45, 2.75) is 31.3 Å². The maximum absolute atomic E-state index is 12.4. The third-order valence-corrected chi connectivity index (χ3v) is 6.31. The molecule has 1 N–H and O–H groups in total. The lowest BCUT2D eigenvalue weighted by atomic mass is 9.87. The standard InChI is InChI=1S/C27H28N6O2S/c1-27(2,3)20-10-8-19(9-11-20)25-31-32-26(33(25)22-12-14-23(35-4)15-13-22)36-18-24(34)30-29-17-21-7-5-6-16-28-21/h5-17H,18H2,1-4H3,(H,30,34). The molecule has 2 heterocycles. The summed E-state index contributed by atoms with van der Waals surface area (Å²) < 4.78 is 7.25. The molecule has 0 aliphatic heterocycles. The van der Waals surface area contributed by atoms with Crippen molar-refractivity contribution in [1.82, 2.24) is 25.2 Å². The van der Waals surface area contributed by atoms with Gasteiger partial charge < -0.3 is 4.74 Å². The molecular formula is C27H28N6O2S. The molecule has 0 radical (unpaired) electrons. The summed E-state index contributed by atoms with van der Waals surface area (Å²) in [5.41, 5.74) is 6.28. The SMILES string of the molecule is COc1ccc(-n2c(SCC(=O)NN=Cc3ccccn3)nnc2-c2ccc(C(C)(C)C)cc2)cc1. The van der Waals surface area contributed by atoms with E-state index in [-0.39, 0.29) is 17.1 Å². The van der Waals surface area contributed by atoms with E-state index in [0.29, 0.717) is 16.7 Å². The van der Waals surface area contributed by atoms with E-state index in [4.69, 9.17) is 4.74 Å². The average molecular weight is 501 g/mol. The Bertz CT molecular complexity index is 1330. The fourth-order valence-electron chi connectivity index (χ4n) is 3.42. The van der Waals surface area contributed by atoms with Crippen LogP contribution in [0.1, 0.15) is 32.0 Å². The minimum atomic E-state index is -0.257. The van der Waals surface area contributed by atoms with Gasteiger partial charge >= 0.3 is 0 Å². The molecule has 1 amide bonds. The van der Waals surface area contributed by atoms with Gasteiger partial charge in [-0.05, 0) is 47.4 Å². The van der Waals surface area contributed by atoms with E-state index in [1.54, 1.807) is 19.4 Å². The number of carbonyl (C=O) groups is 1. The second-order valence-electron chi connectivity index (χ2n) is 9.00. The van der Waals surface area contributed by atoms with Gasteiger partial charge in [-0.25, -0.2) is 5.43 Å². The van der Waals surface area contributed by atoms with Crippen LogP contribution in [0.25, 0.3) is 17.1 Å². The molecule has 0 atom stereocenters. The number of hydrogen-bond donors (Lipinski definition) is 1. The Morgan fingerprint density at radius 2 is 1.81 bits per heavy atom. The lowest BCUT2D eigenvalue weighted by molar-refractivity contribution is -0.118. The first-order valence-corrected chi connectivity index (χ1v) is 12.4. The third-order valence-electron chi connectivity index (χ3n) is 5.38. The fourth-order valence-corrected chi connectivity index (χ4v) is 4.16. The Balaban J connectivity index is 1.56. The largest absolute Gasteiger partial charge is 0.497 e. The van der Waals surface area contributed by atoms with Gasteiger partial charge in [-0.15, -0.1) is 10.2 Å². The Hall–Kier alpha value is -3.98. The quantitative estimate of drug-likeness (QED) is 0.211. The molecule has 4 rings (SSSR count). The zero-order chi connectivity index (χ0) is 25.5. The van der Waals surface area contributed by atoms with E-state index < -0.39 is 0 Å². The van der Waals surface area contributed by atoms with Crippen LogP contribution < -0.4 is 10.2 Å². The molecule has 0 aliphatic rings. The summed E-state index contributed by atoms with van der Waals surface area (Å²) in [6, 6.07) is 21.5.